The highest BCUT2D eigenvalue weighted by Gasteiger charge is 2.09. The summed E-state index contributed by atoms with van der Waals surface area (Å²) in [5.41, 5.74) is 6.82. The molecule has 18 heavy (non-hydrogen) atoms. The first-order chi connectivity index (χ1) is 8.56. The number of methoxy groups -OCH3 is 2. The minimum Gasteiger partial charge on any atom is -0.504 e. The van der Waals surface area contributed by atoms with Crippen LogP contribution >= 0.6 is 0 Å². The van der Waals surface area contributed by atoms with Gasteiger partial charge in [0.25, 0.3) is 0 Å². The quantitative estimate of drug-likeness (QED) is 0.745. The maximum absolute atomic E-state index is 11.0. The summed E-state index contributed by atoms with van der Waals surface area (Å²) in [6.07, 6.45) is 1.45. The van der Waals surface area contributed by atoms with E-state index in [0.29, 0.717) is 25.0 Å². The Hall–Kier alpha value is -1.75. The molecule has 0 spiro atoms. The Kier molecular flexibility index (Phi) is 5.45. The molecule has 0 bridgehead atoms. The fourth-order valence-corrected chi connectivity index (χ4v) is 1.67. The number of nitrogens with two attached hydrogens (primary N) is 1. The van der Waals surface area contributed by atoms with Crippen LogP contribution in [0.15, 0.2) is 18.2 Å². The summed E-state index contributed by atoms with van der Waals surface area (Å²) in [7, 11) is 2.85. The zero-order chi connectivity index (χ0) is 13.5. The molecule has 5 nitrogen and oxygen atoms in total. The first-order valence-electron chi connectivity index (χ1n) is 5.75. The number of esters is 1. The molecule has 0 amide bonds. The molecule has 0 saturated carbocycles. The first-order valence-corrected chi connectivity index (χ1v) is 5.75. The van der Waals surface area contributed by atoms with Crippen LogP contribution in [-0.2, 0) is 16.0 Å². The highest BCUT2D eigenvalue weighted by Crippen LogP contribution is 2.26. The Morgan fingerprint density at radius 3 is 2.72 bits per heavy atom. The molecule has 0 saturated heterocycles. The topological polar surface area (TPSA) is 81.8 Å². The van der Waals surface area contributed by atoms with Gasteiger partial charge in [-0.3, -0.25) is 4.79 Å². The molecule has 0 heterocycles. The Labute approximate surface area is 107 Å². The van der Waals surface area contributed by atoms with Gasteiger partial charge in [0.15, 0.2) is 11.5 Å². The molecule has 0 aromatic heterocycles. The standard InChI is InChI=1S/C13H19NO4/c1-17-12-5-3-9(8-11(12)15)7-10(14)4-6-13(16)18-2/h3,5,8,10,15H,4,6-7,14H2,1-2H3. The van der Waals surface area contributed by atoms with E-state index in [4.69, 9.17) is 10.5 Å². The van der Waals surface area contributed by atoms with Gasteiger partial charge in [-0.05, 0) is 30.5 Å². The maximum atomic E-state index is 11.0. The Morgan fingerprint density at radius 1 is 1.44 bits per heavy atom. The van der Waals surface area contributed by atoms with Crippen molar-refractivity contribution in [1.29, 1.82) is 0 Å². The van der Waals surface area contributed by atoms with Gasteiger partial charge in [0.1, 0.15) is 0 Å². The molecule has 3 N–H and O–H groups in total. The number of benzene rings is 1. The van der Waals surface area contributed by atoms with Crippen molar-refractivity contribution < 1.29 is 19.4 Å². The van der Waals surface area contributed by atoms with Crippen LogP contribution < -0.4 is 10.5 Å². The number of ether oxygens (including phenoxy) is 2. The zero-order valence-electron chi connectivity index (χ0n) is 10.7. The summed E-state index contributed by atoms with van der Waals surface area (Å²) >= 11 is 0. The lowest BCUT2D eigenvalue weighted by molar-refractivity contribution is -0.140. The van der Waals surface area contributed by atoms with Crippen LogP contribution in [0, 0.1) is 0 Å². The minimum atomic E-state index is -0.261. The summed E-state index contributed by atoms with van der Waals surface area (Å²) in [5, 5.41) is 9.62. The van der Waals surface area contributed by atoms with Crippen molar-refractivity contribution in [1.82, 2.24) is 0 Å². The van der Waals surface area contributed by atoms with Gasteiger partial charge in [-0.1, -0.05) is 6.07 Å². The molecule has 100 valence electrons. The van der Waals surface area contributed by atoms with Gasteiger partial charge in [0.05, 0.1) is 14.2 Å². The van der Waals surface area contributed by atoms with Crippen molar-refractivity contribution in [3.8, 4) is 11.5 Å². The molecule has 0 aliphatic carbocycles. The van der Waals surface area contributed by atoms with Crippen molar-refractivity contribution in [3.63, 3.8) is 0 Å². The summed E-state index contributed by atoms with van der Waals surface area (Å²) in [6, 6.07) is 5.02. The monoisotopic (exact) mass is 253 g/mol. The second-order valence-corrected chi connectivity index (χ2v) is 4.09. The van der Waals surface area contributed by atoms with E-state index in [2.05, 4.69) is 4.74 Å². The number of phenols is 1. The van der Waals surface area contributed by atoms with Crippen molar-refractivity contribution in [2.75, 3.05) is 14.2 Å². The third kappa shape index (κ3) is 4.25. The van der Waals surface area contributed by atoms with E-state index in [1.807, 2.05) is 6.07 Å². The third-order valence-electron chi connectivity index (χ3n) is 2.69. The summed E-state index contributed by atoms with van der Waals surface area (Å²) in [4.78, 5) is 11.0. The number of aromatic hydroxyl groups is 1. The number of carbonyl (C=O) groups excluding carboxylic acids is 1. The summed E-state index contributed by atoms with van der Waals surface area (Å²) < 4.78 is 9.51. The normalized spacial score (nSPS) is 11.9. The molecule has 1 rings (SSSR count). The second-order valence-electron chi connectivity index (χ2n) is 4.09. The van der Waals surface area contributed by atoms with Crippen LogP contribution in [0.25, 0.3) is 0 Å². The minimum absolute atomic E-state index is 0.0927. The molecule has 0 aliphatic heterocycles. The van der Waals surface area contributed by atoms with Gasteiger partial charge in [0, 0.05) is 12.5 Å². The first kappa shape index (κ1) is 14.3. The van der Waals surface area contributed by atoms with Crippen LogP contribution in [0.1, 0.15) is 18.4 Å². The molecule has 0 fully saturated rings. The molecule has 1 atom stereocenters. The SMILES string of the molecule is COC(=O)CCC(N)Cc1ccc(OC)c(O)c1. The molecular formula is C13H19NO4. The van der Waals surface area contributed by atoms with E-state index in [-0.39, 0.29) is 17.8 Å². The van der Waals surface area contributed by atoms with E-state index in [1.165, 1.54) is 14.2 Å². The van der Waals surface area contributed by atoms with Crippen LogP contribution in [0.2, 0.25) is 0 Å². The van der Waals surface area contributed by atoms with Crippen molar-refractivity contribution >= 4 is 5.97 Å². The van der Waals surface area contributed by atoms with E-state index in [0.717, 1.165) is 5.56 Å². The van der Waals surface area contributed by atoms with Gasteiger partial charge in [0.2, 0.25) is 0 Å². The van der Waals surface area contributed by atoms with Crippen LogP contribution in [0.4, 0.5) is 0 Å². The van der Waals surface area contributed by atoms with Gasteiger partial charge < -0.3 is 20.3 Å². The predicted octanol–water partition coefficient (Wildman–Crippen LogP) is 1.22. The molecule has 1 unspecified atom stereocenters. The van der Waals surface area contributed by atoms with Crippen molar-refractivity contribution in [2.45, 2.75) is 25.3 Å². The Balaban J connectivity index is 2.51. The van der Waals surface area contributed by atoms with Crippen molar-refractivity contribution in [2.24, 2.45) is 5.73 Å². The molecule has 0 radical (unpaired) electrons. The third-order valence-corrected chi connectivity index (χ3v) is 2.69. The lowest BCUT2D eigenvalue weighted by atomic mass is 10.0. The molecule has 1 aromatic rings. The maximum Gasteiger partial charge on any atom is 0.305 e. The Bertz CT molecular complexity index is 406. The number of hydrogen-bond donors (Lipinski definition) is 2. The molecule has 0 aliphatic rings. The van der Waals surface area contributed by atoms with Gasteiger partial charge in [-0.2, -0.15) is 0 Å². The number of phenolic OH excluding ortho intramolecular Hbond substituents is 1. The van der Waals surface area contributed by atoms with Crippen LogP contribution in [-0.4, -0.2) is 31.3 Å². The predicted molar refractivity (Wildman–Crippen MR) is 67.6 cm³/mol. The number of rotatable bonds is 6. The van der Waals surface area contributed by atoms with E-state index >= 15 is 0 Å². The largest absolute Gasteiger partial charge is 0.504 e. The summed E-state index contributed by atoms with van der Waals surface area (Å²) in [5.74, 6) is 0.264. The van der Waals surface area contributed by atoms with Crippen LogP contribution in [0.3, 0.4) is 0 Å². The highest BCUT2D eigenvalue weighted by atomic mass is 16.5. The zero-order valence-corrected chi connectivity index (χ0v) is 10.7. The van der Waals surface area contributed by atoms with E-state index in [9.17, 15) is 9.90 Å². The highest BCUT2D eigenvalue weighted by molar-refractivity contribution is 5.69. The fourth-order valence-electron chi connectivity index (χ4n) is 1.67. The van der Waals surface area contributed by atoms with Gasteiger partial charge in [-0.15, -0.1) is 0 Å². The van der Waals surface area contributed by atoms with E-state index in [1.54, 1.807) is 12.1 Å². The molecule has 1 aromatic carbocycles. The lowest BCUT2D eigenvalue weighted by Gasteiger charge is -2.12. The lowest BCUT2D eigenvalue weighted by Crippen LogP contribution is -2.24. The van der Waals surface area contributed by atoms with Crippen molar-refractivity contribution in [3.05, 3.63) is 23.8 Å². The number of hydrogen-bond acceptors (Lipinski definition) is 5. The Morgan fingerprint density at radius 2 is 2.17 bits per heavy atom. The van der Waals surface area contributed by atoms with Gasteiger partial charge in [-0.25, -0.2) is 0 Å². The van der Waals surface area contributed by atoms with E-state index < -0.39 is 0 Å². The number of carbonyl (C=O) groups is 1. The second kappa shape index (κ2) is 6.86. The smallest absolute Gasteiger partial charge is 0.305 e. The van der Waals surface area contributed by atoms with Crippen LogP contribution in [0.5, 0.6) is 11.5 Å². The molecular weight excluding hydrogens is 234 g/mol. The average Bonchev–Trinajstić information content (AvgIpc) is 2.36. The average molecular weight is 253 g/mol. The fraction of sp³-hybridized carbons (Fsp3) is 0.462. The summed E-state index contributed by atoms with van der Waals surface area (Å²) in [6.45, 7) is 0. The molecule has 5 heteroatoms. The van der Waals surface area contributed by atoms with Gasteiger partial charge >= 0.3 is 5.97 Å².